The normalized spacial score (nSPS) is 14.5. The van der Waals surface area contributed by atoms with Gasteiger partial charge >= 0.3 is 0 Å². The van der Waals surface area contributed by atoms with Gasteiger partial charge in [-0.3, -0.25) is 14.4 Å². The maximum absolute atomic E-state index is 11.2. The second-order valence-electron chi connectivity index (χ2n) is 2.65. The van der Waals surface area contributed by atoms with E-state index in [1.165, 1.54) is 12.3 Å². The molecule has 0 saturated carbocycles. The van der Waals surface area contributed by atoms with Crippen molar-refractivity contribution in [3.8, 4) is 0 Å². The molecule has 0 unspecified atom stereocenters. The first kappa shape index (κ1) is 7.67. The molecule has 4 nitrogen and oxygen atoms in total. The van der Waals surface area contributed by atoms with E-state index in [0.29, 0.717) is 0 Å². The van der Waals surface area contributed by atoms with Crippen LogP contribution in [-0.2, 0) is 0 Å². The maximum Gasteiger partial charge on any atom is 0.203 e. The van der Waals surface area contributed by atoms with Crippen molar-refractivity contribution in [1.82, 2.24) is 4.98 Å². The van der Waals surface area contributed by atoms with Gasteiger partial charge < -0.3 is 4.98 Å². The van der Waals surface area contributed by atoms with Crippen molar-refractivity contribution >= 4 is 11.6 Å². The van der Waals surface area contributed by atoms with Crippen LogP contribution < -0.4 is 5.43 Å². The number of pyridine rings is 1. The predicted octanol–water partition coefficient (Wildman–Crippen LogP) is 0.310. The number of hydrogen-bond acceptors (Lipinski definition) is 3. The minimum Gasteiger partial charge on any atom is -0.358 e. The van der Waals surface area contributed by atoms with Crippen molar-refractivity contribution < 1.29 is 9.59 Å². The highest BCUT2D eigenvalue weighted by Gasteiger charge is 2.21. The lowest BCUT2D eigenvalue weighted by molar-refractivity contribution is 0.0989. The molecule has 1 aromatic rings. The average molecular weight is 175 g/mol. The van der Waals surface area contributed by atoms with E-state index in [1.54, 1.807) is 0 Å². The van der Waals surface area contributed by atoms with Crippen LogP contribution in [0.5, 0.6) is 0 Å². The highest BCUT2D eigenvalue weighted by Crippen LogP contribution is 2.09. The lowest BCUT2D eigenvalue weighted by Gasteiger charge is -2.05. The molecular weight excluding hydrogens is 170 g/mol. The van der Waals surface area contributed by atoms with Crippen molar-refractivity contribution in [3.05, 3.63) is 45.9 Å². The highest BCUT2D eigenvalue weighted by molar-refractivity contribution is 6.20. The standard InChI is InChI=1S/C9H5NO3/c11-5-1-2-7(13)9-8(5)6(12)3-4-10-9/h1-4H,(H,10,12). The van der Waals surface area contributed by atoms with E-state index in [4.69, 9.17) is 0 Å². The fraction of sp³-hybridized carbons (Fsp3) is 0. The van der Waals surface area contributed by atoms with Gasteiger partial charge in [-0.05, 0) is 12.2 Å². The van der Waals surface area contributed by atoms with Gasteiger partial charge in [0.05, 0.1) is 5.56 Å². The van der Waals surface area contributed by atoms with Crippen LogP contribution in [0, 0.1) is 0 Å². The fourth-order valence-electron chi connectivity index (χ4n) is 1.24. The smallest absolute Gasteiger partial charge is 0.203 e. The lowest BCUT2D eigenvalue weighted by atomic mass is 10.00. The molecular formula is C9H5NO3. The van der Waals surface area contributed by atoms with Crippen molar-refractivity contribution in [2.45, 2.75) is 0 Å². The van der Waals surface area contributed by atoms with Crippen molar-refractivity contribution in [3.63, 3.8) is 0 Å². The van der Waals surface area contributed by atoms with Crippen LogP contribution in [0.25, 0.3) is 0 Å². The minimum atomic E-state index is -0.420. The van der Waals surface area contributed by atoms with Crippen molar-refractivity contribution in [2.75, 3.05) is 0 Å². The molecule has 1 aliphatic rings. The van der Waals surface area contributed by atoms with Crippen molar-refractivity contribution in [1.29, 1.82) is 0 Å². The molecule has 4 heteroatoms. The van der Waals surface area contributed by atoms with Gasteiger partial charge in [-0.25, -0.2) is 0 Å². The molecule has 2 rings (SSSR count). The van der Waals surface area contributed by atoms with Crippen LogP contribution in [-0.4, -0.2) is 16.6 Å². The van der Waals surface area contributed by atoms with Crippen molar-refractivity contribution in [2.24, 2.45) is 0 Å². The third-order valence-electron chi connectivity index (χ3n) is 1.84. The van der Waals surface area contributed by atoms with E-state index >= 15 is 0 Å². The average Bonchev–Trinajstić information content (AvgIpc) is 2.12. The topological polar surface area (TPSA) is 67.0 Å². The number of rotatable bonds is 0. The lowest BCUT2D eigenvalue weighted by Crippen LogP contribution is -2.22. The summed E-state index contributed by atoms with van der Waals surface area (Å²) >= 11 is 0. The van der Waals surface area contributed by atoms with Gasteiger partial charge in [0.1, 0.15) is 5.69 Å². The fourth-order valence-corrected chi connectivity index (χ4v) is 1.24. The first-order chi connectivity index (χ1) is 6.20. The number of carbonyl (C=O) groups excluding carboxylic acids is 2. The van der Waals surface area contributed by atoms with E-state index < -0.39 is 11.2 Å². The molecule has 0 radical (unpaired) electrons. The zero-order valence-corrected chi connectivity index (χ0v) is 6.53. The molecule has 0 bridgehead atoms. The van der Waals surface area contributed by atoms with Gasteiger partial charge in [0, 0.05) is 12.3 Å². The predicted molar refractivity (Wildman–Crippen MR) is 44.9 cm³/mol. The number of carbonyl (C=O) groups is 2. The van der Waals surface area contributed by atoms with E-state index in [1.807, 2.05) is 0 Å². The summed E-state index contributed by atoms with van der Waals surface area (Å²) in [5.74, 6) is -0.760. The molecule has 1 aromatic heterocycles. The van der Waals surface area contributed by atoms with Gasteiger partial charge in [-0.2, -0.15) is 0 Å². The zero-order valence-electron chi connectivity index (χ0n) is 6.53. The maximum atomic E-state index is 11.2. The number of fused-ring (bicyclic) bond motifs is 1. The first-order valence-corrected chi connectivity index (χ1v) is 3.68. The van der Waals surface area contributed by atoms with Crippen LogP contribution in [0.3, 0.4) is 0 Å². The largest absolute Gasteiger partial charge is 0.358 e. The van der Waals surface area contributed by atoms with Gasteiger partial charge in [0.2, 0.25) is 5.78 Å². The van der Waals surface area contributed by atoms with Gasteiger partial charge in [-0.1, -0.05) is 0 Å². The number of ketones is 2. The second-order valence-corrected chi connectivity index (χ2v) is 2.65. The Hall–Kier alpha value is -1.97. The van der Waals surface area contributed by atoms with Crippen LogP contribution >= 0.6 is 0 Å². The zero-order chi connectivity index (χ0) is 9.42. The SMILES string of the molecule is O=C1C=CC(=O)c2c1[nH]ccc2=O. The number of hydrogen-bond donors (Lipinski definition) is 1. The van der Waals surface area contributed by atoms with E-state index in [0.717, 1.165) is 12.2 Å². The Morgan fingerprint density at radius 1 is 1.00 bits per heavy atom. The molecule has 0 spiro atoms. The summed E-state index contributed by atoms with van der Waals surface area (Å²) in [6.45, 7) is 0. The molecule has 0 atom stereocenters. The molecule has 0 saturated heterocycles. The Morgan fingerprint density at radius 3 is 2.38 bits per heavy atom. The number of allylic oxidation sites excluding steroid dienone is 2. The van der Waals surface area contributed by atoms with Crippen LogP contribution in [0.15, 0.2) is 29.2 Å². The number of nitrogens with one attached hydrogen (secondary N) is 1. The summed E-state index contributed by atoms with van der Waals surface area (Å²) in [5.41, 5.74) is -0.397. The Labute approximate surface area is 72.9 Å². The molecule has 0 amide bonds. The summed E-state index contributed by atoms with van der Waals surface area (Å²) in [5, 5.41) is 0. The third kappa shape index (κ3) is 1.03. The van der Waals surface area contributed by atoms with Gasteiger partial charge in [0.15, 0.2) is 11.2 Å². The van der Waals surface area contributed by atoms with Crippen LogP contribution in [0.2, 0.25) is 0 Å². The molecule has 1 aliphatic carbocycles. The van der Waals surface area contributed by atoms with E-state index in [2.05, 4.69) is 4.98 Å². The first-order valence-electron chi connectivity index (χ1n) is 3.68. The molecule has 64 valence electrons. The Balaban J connectivity index is 2.84. The molecule has 0 aliphatic heterocycles. The minimum absolute atomic E-state index is 0.0602. The molecule has 1 N–H and O–H groups in total. The Morgan fingerprint density at radius 2 is 1.69 bits per heavy atom. The number of aromatic nitrogens is 1. The van der Waals surface area contributed by atoms with E-state index in [9.17, 15) is 14.4 Å². The van der Waals surface area contributed by atoms with E-state index in [-0.39, 0.29) is 17.0 Å². The van der Waals surface area contributed by atoms with Gasteiger partial charge in [0.25, 0.3) is 0 Å². The van der Waals surface area contributed by atoms with Crippen LogP contribution in [0.4, 0.5) is 0 Å². The molecule has 0 aromatic carbocycles. The summed E-state index contributed by atoms with van der Waals surface area (Å²) in [4.78, 5) is 36.1. The summed E-state index contributed by atoms with van der Waals surface area (Å²) < 4.78 is 0. The summed E-state index contributed by atoms with van der Waals surface area (Å²) in [7, 11) is 0. The Bertz CT molecular complexity index is 482. The quantitative estimate of drug-likeness (QED) is 0.617. The Kier molecular flexibility index (Phi) is 1.48. The summed E-state index contributed by atoms with van der Waals surface area (Å²) in [6.07, 6.45) is 3.62. The molecule has 0 fully saturated rings. The number of aromatic amines is 1. The summed E-state index contributed by atoms with van der Waals surface area (Å²) in [6, 6.07) is 1.23. The van der Waals surface area contributed by atoms with Crippen LogP contribution in [0.1, 0.15) is 20.8 Å². The van der Waals surface area contributed by atoms with Gasteiger partial charge in [-0.15, -0.1) is 0 Å². The highest BCUT2D eigenvalue weighted by atomic mass is 16.1. The molecule has 13 heavy (non-hydrogen) atoms. The monoisotopic (exact) mass is 175 g/mol. The number of H-pyrrole nitrogens is 1. The third-order valence-corrected chi connectivity index (χ3v) is 1.84. The second kappa shape index (κ2) is 2.52. The molecule has 1 heterocycles.